The SMILES string of the molecule is C1=CC2(C=CCO2)OC1. The van der Waals surface area contributed by atoms with Gasteiger partial charge in [-0.3, -0.25) is 0 Å². The Kier molecular flexibility index (Phi) is 0.976. The summed E-state index contributed by atoms with van der Waals surface area (Å²) in [4.78, 5) is 0. The Hall–Kier alpha value is -0.600. The number of hydrogen-bond acceptors (Lipinski definition) is 2. The van der Waals surface area contributed by atoms with Crippen LogP contribution in [0.2, 0.25) is 0 Å². The highest BCUT2D eigenvalue weighted by Crippen LogP contribution is 2.25. The minimum atomic E-state index is -0.472. The maximum absolute atomic E-state index is 5.28. The second kappa shape index (κ2) is 1.69. The van der Waals surface area contributed by atoms with Crippen molar-refractivity contribution in [3.05, 3.63) is 24.3 Å². The van der Waals surface area contributed by atoms with E-state index in [0.717, 1.165) is 0 Å². The largest absolute Gasteiger partial charge is 0.339 e. The van der Waals surface area contributed by atoms with Crippen LogP contribution in [0.3, 0.4) is 0 Å². The van der Waals surface area contributed by atoms with Crippen molar-refractivity contribution in [1.82, 2.24) is 0 Å². The molecule has 0 bridgehead atoms. The second-order valence-electron chi connectivity index (χ2n) is 2.15. The van der Waals surface area contributed by atoms with Gasteiger partial charge in [0.2, 0.25) is 5.79 Å². The zero-order valence-corrected chi connectivity index (χ0v) is 5.04. The molecule has 0 N–H and O–H groups in total. The average molecular weight is 124 g/mol. The molecule has 2 heterocycles. The number of ether oxygens (including phenoxy) is 2. The van der Waals surface area contributed by atoms with Gasteiger partial charge in [0.1, 0.15) is 0 Å². The first-order valence-electron chi connectivity index (χ1n) is 3.05. The van der Waals surface area contributed by atoms with Crippen molar-refractivity contribution in [2.24, 2.45) is 0 Å². The van der Waals surface area contributed by atoms with Crippen molar-refractivity contribution in [1.29, 1.82) is 0 Å². The summed E-state index contributed by atoms with van der Waals surface area (Å²) in [6.45, 7) is 1.34. The maximum Gasteiger partial charge on any atom is 0.208 e. The molecular formula is C7H8O2. The van der Waals surface area contributed by atoms with Crippen molar-refractivity contribution < 1.29 is 9.47 Å². The molecule has 0 saturated heterocycles. The predicted molar refractivity (Wildman–Crippen MR) is 32.9 cm³/mol. The lowest BCUT2D eigenvalue weighted by Gasteiger charge is -2.17. The standard InChI is InChI=1S/C7H8O2/c1-3-7(8-5-1)4-2-6-9-7/h1-4H,5-6H2. The van der Waals surface area contributed by atoms with Gasteiger partial charge in [-0.2, -0.15) is 0 Å². The molecule has 0 amide bonds. The van der Waals surface area contributed by atoms with E-state index >= 15 is 0 Å². The Morgan fingerprint density at radius 1 is 1.00 bits per heavy atom. The average Bonchev–Trinajstić information content (AvgIpc) is 2.45. The molecule has 2 aliphatic heterocycles. The van der Waals surface area contributed by atoms with Gasteiger partial charge < -0.3 is 9.47 Å². The smallest absolute Gasteiger partial charge is 0.208 e. The van der Waals surface area contributed by atoms with Crippen LogP contribution in [0.4, 0.5) is 0 Å². The fraction of sp³-hybridized carbons (Fsp3) is 0.429. The molecule has 0 aromatic rings. The van der Waals surface area contributed by atoms with E-state index in [1.165, 1.54) is 0 Å². The molecule has 2 rings (SSSR count). The molecule has 0 radical (unpaired) electrons. The summed E-state index contributed by atoms with van der Waals surface area (Å²) in [7, 11) is 0. The third kappa shape index (κ3) is 0.713. The molecule has 9 heavy (non-hydrogen) atoms. The van der Waals surface area contributed by atoms with E-state index in [4.69, 9.17) is 9.47 Å². The van der Waals surface area contributed by atoms with Crippen LogP contribution < -0.4 is 0 Å². The second-order valence-corrected chi connectivity index (χ2v) is 2.15. The van der Waals surface area contributed by atoms with E-state index in [2.05, 4.69) is 0 Å². The highest BCUT2D eigenvalue weighted by atomic mass is 16.7. The van der Waals surface area contributed by atoms with Crippen molar-refractivity contribution in [3.63, 3.8) is 0 Å². The minimum Gasteiger partial charge on any atom is -0.339 e. The van der Waals surface area contributed by atoms with Crippen LogP contribution in [-0.4, -0.2) is 19.0 Å². The first-order chi connectivity index (χ1) is 4.41. The molecule has 0 atom stereocenters. The van der Waals surface area contributed by atoms with Crippen molar-refractivity contribution in [2.45, 2.75) is 5.79 Å². The molecule has 0 unspecified atom stereocenters. The Morgan fingerprint density at radius 3 is 1.89 bits per heavy atom. The molecule has 0 fully saturated rings. The van der Waals surface area contributed by atoms with Crippen LogP contribution in [0.5, 0.6) is 0 Å². The van der Waals surface area contributed by atoms with Gasteiger partial charge in [0.25, 0.3) is 0 Å². The van der Waals surface area contributed by atoms with Crippen LogP contribution in [0, 0.1) is 0 Å². The molecule has 0 aliphatic carbocycles. The summed E-state index contributed by atoms with van der Waals surface area (Å²) in [6, 6.07) is 0. The summed E-state index contributed by atoms with van der Waals surface area (Å²) in [6.07, 6.45) is 7.82. The molecule has 1 spiro atoms. The topological polar surface area (TPSA) is 18.5 Å². The van der Waals surface area contributed by atoms with Crippen molar-refractivity contribution in [2.75, 3.05) is 13.2 Å². The minimum absolute atomic E-state index is 0.472. The summed E-state index contributed by atoms with van der Waals surface area (Å²) in [5.41, 5.74) is 0. The van der Waals surface area contributed by atoms with Crippen LogP contribution in [0.1, 0.15) is 0 Å². The highest BCUT2D eigenvalue weighted by molar-refractivity contribution is 5.16. The molecule has 0 aromatic heterocycles. The quantitative estimate of drug-likeness (QED) is 0.446. The van der Waals surface area contributed by atoms with Crippen LogP contribution >= 0.6 is 0 Å². The number of rotatable bonds is 0. The molecule has 2 aliphatic rings. The van der Waals surface area contributed by atoms with Crippen LogP contribution in [0.15, 0.2) is 24.3 Å². The van der Waals surface area contributed by atoms with Gasteiger partial charge >= 0.3 is 0 Å². The van der Waals surface area contributed by atoms with Gasteiger partial charge in [-0.05, 0) is 12.2 Å². The van der Waals surface area contributed by atoms with Gasteiger partial charge in [-0.15, -0.1) is 0 Å². The Labute approximate surface area is 53.8 Å². The maximum atomic E-state index is 5.28. The fourth-order valence-corrected chi connectivity index (χ4v) is 1.07. The lowest BCUT2D eigenvalue weighted by molar-refractivity contribution is -0.133. The monoisotopic (exact) mass is 124 g/mol. The van der Waals surface area contributed by atoms with Crippen LogP contribution in [-0.2, 0) is 9.47 Å². The number of hydrogen-bond donors (Lipinski definition) is 0. The van der Waals surface area contributed by atoms with Crippen molar-refractivity contribution >= 4 is 0 Å². The van der Waals surface area contributed by atoms with Crippen molar-refractivity contribution in [3.8, 4) is 0 Å². The summed E-state index contributed by atoms with van der Waals surface area (Å²) in [5, 5.41) is 0. The highest BCUT2D eigenvalue weighted by Gasteiger charge is 2.31. The molecule has 0 aromatic carbocycles. The van der Waals surface area contributed by atoms with Gasteiger partial charge in [0, 0.05) is 0 Å². The van der Waals surface area contributed by atoms with Crippen LogP contribution in [0.25, 0.3) is 0 Å². The zero-order valence-electron chi connectivity index (χ0n) is 5.04. The first-order valence-corrected chi connectivity index (χ1v) is 3.05. The summed E-state index contributed by atoms with van der Waals surface area (Å²) < 4.78 is 10.6. The predicted octanol–water partition coefficient (Wildman–Crippen LogP) is 0.856. The lowest BCUT2D eigenvalue weighted by Crippen LogP contribution is -2.23. The van der Waals surface area contributed by atoms with E-state index in [1.807, 2.05) is 24.3 Å². The summed E-state index contributed by atoms with van der Waals surface area (Å²) >= 11 is 0. The summed E-state index contributed by atoms with van der Waals surface area (Å²) in [5.74, 6) is -0.472. The third-order valence-electron chi connectivity index (χ3n) is 1.51. The van der Waals surface area contributed by atoms with Gasteiger partial charge in [0.15, 0.2) is 0 Å². The third-order valence-corrected chi connectivity index (χ3v) is 1.51. The van der Waals surface area contributed by atoms with Gasteiger partial charge in [-0.1, -0.05) is 12.2 Å². The Morgan fingerprint density at radius 2 is 1.56 bits per heavy atom. The molecule has 2 heteroatoms. The normalized spacial score (nSPS) is 28.4. The Bertz CT molecular complexity index is 150. The molecular weight excluding hydrogens is 116 g/mol. The fourth-order valence-electron chi connectivity index (χ4n) is 1.07. The molecule has 48 valence electrons. The van der Waals surface area contributed by atoms with Gasteiger partial charge in [-0.25, -0.2) is 0 Å². The molecule has 0 saturated carbocycles. The first kappa shape index (κ1) is 5.21. The van der Waals surface area contributed by atoms with E-state index < -0.39 is 5.79 Å². The van der Waals surface area contributed by atoms with E-state index in [-0.39, 0.29) is 0 Å². The van der Waals surface area contributed by atoms with E-state index in [0.29, 0.717) is 13.2 Å². The zero-order chi connectivity index (χ0) is 6.16. The lowest BCUT2D eigenvalue weighted by atomic mass is 10.3. The Balaban J connectivity index is 2.23. The van der Waals surface area contributed by atoms with E-state index in [1.54, 1.807) is 0 Å². The van der Waals surface area contributed by atoms with E-state index in [9.17, 15) is 0 Å². The molecule has 2 nitrogen and oxygen atoms in total. The van der Waals surface area contributed by atoms with Gasteiger partial charge in [0.05, 0.1) is 13.2 Å².